The van der Waals surface area contributed by atoms with Crippen molar-refractivity contribution in [2.24, 2.45) is 0 Å². The fourth-order valence-electron chi connectivity index (χ4n) is 1.59. The van der Waals surface area contributed by atoms with Crippen LogP contribution in [0.4, 0.5) is 0 Å². The van der Waals surface area contributed by atoms with Crippen LogP contribution in [0.3, 0.4) is 0 Å². The van der Waals surface area contributed by atoms with E-state index < -0.39 is 0 Å². The van der Waals surface area contributed by atoms with Gasteiger partial charge in [-0.2, -0.15) is 4.80 Å². The monoisotopic (exact) mass is 247 g/mol. The molecule has 1 aromatic carbocycles. The quantitative estimate of drug-likeness (QED) is 0.819. The van der Waals surface area contributed by atoms with E-state index in [-0.39, 0.29) is 0 Å². The van der Waals surface area contributed by atoms with Crippen LogP contribution >= 0.6 is 0 Å². The summed E-state index contributed by atoms with van der Waals surface area (Å²) < 4.78 is 5.39. The molecule has 2 rings (SSSR count). The van der Waals surface area contributed by atoms with Crippen molar-refractivity contribution in [3.05, 3.63) is 35.7 Å². The van der Waals surface area contributed by atoms with Crippen LogP contribution in [0.15, 0.2) is 24.3 Å². The fraction of sp³-hybridized carbons (Fsp3) is 0.417. The molecule has 1 heterocycles. The van der Waals surface area contributed by atoms with Crippen LogP contribution in [0, 0.1) is 0 Å². The first-order valence-corrected chi connectivity index (χ1v) is 5.95. The highest BCUT2D eigenvalue weighted by molar-refractivity contribution is 5.27. The van der Waals surface area contributed by atoms with Crippen LogP contribution < -0.4 is 10.1 Å². The van der Waals surface area contributed by atoms with Crippen molar-refractivity contribution in [1.29, 1.82) is 0 Å². The Labute approximate surface area is 106 Å². The minimum absolute atomic E-state index is 0.614. The average molecular weight is 247 g/mol. The highest BCUT2D eigenvalue weighted by Crippen LogP contribution is 2.12. The van der Waals surface area contributed by atoms with E-state index in [0.717, 1.165) is 11.3 Å². The number of benzene rings is 1. The molecule has 0 radical (unpaired) electrons. The van der Waals surface area contributed by atoms with E-state index in [1.165, 1.54) is 0 Å². The van der Waals surface area contributed by atoms with Crippen molar-refractivity contribution in [2.45, 2.75) is 20.0 Å². The van der Waals surface area contributed by atoms with Gasteiger partial charge in [-0.25, -0.2) is 0 Å². The molecule has 0 bridgehead atoms. The second-order valence-corrected chi connectivity index (χ2v) is 3.84. The van der Waals surface area contributed by atoms with Gasteiger partial charge in [0.25, 0.3) is 0 Å². The first-order valence-electron chi connectivity index (χ1n) is 5.95. The molecule has 0 aliphatic rings. The Balaban J connectivity index is 1.99. The molecule has 0 unspecified atom stereocenters. The Kier molecular flexibility index (Phi) is 4.25. The summed E-state index contributed by atoms with van der Waals surface area (Å²) in [6.07, 6.45) is 0. The number of nitrogens with one attached hydrogen (secondary N) is 1. The van der Waals surface area contributed by atoms with Crippen molar-refractivity contribution < 1.29 is 4.74 Å². The first-order chi connectivity index (χ1) is 8.81. The van der Waals surface area contributed by atoms with E-state index in [9.17, 15) is 0 Å². The zero-order valence-corrected chi connectivity index (χ0v) is 10.6. The lowest BCUT2D eigenvalue weighted by atomic mass is 10.2. The lowest BCUT2D eigenvalue weighted by molar-refractivity contribution is 0.340. The van der Waals surface area contributed by atoms with Crippen LogP contribution in [0.2, 0.25) is 0 Å². The normalized spacial score (nSPS) is 10.6. The highest BCUT2D eigenvalue weighted by atomic mass is 16.5. The van der Waals surface area contributed by atoms with E-state index in [4.69, 9.17) is 4.74 Å². The van der Waals surface area contributed by atoms with E-state index in [2.05, 4.69) is 20.7 Å². The summed E-state index contributed by atoms with van der Waals surface area (Å²) in [4.78, 5) is 1.59. The third-order valence-corrected chi connectivity index (χ3v) is 2.39. The molecule has 0 amide bonds. The molecular weight excluding hydrogens is 230 g/mol. The van der Waals surface area contributed by atoms with Crippen LogP contribution in [-0.4, -0.2) is 33.9 Å². The number of hydrogen-bond acceptors (Lipinski definition) is 5. The number of hydrogen-bond donors (Lipinski definition) is 1. The van der Waals surface area contributed by atoms with Crippen molar-refractivity contribution in [3.8, 4) is 5.75 Å². The molecule has 2 aromatic rings. The second-order valence-electron chi connectivity index (χ2n) is 3.84. The maximum Gasteiger partial charge on any atom is 0.188 e. The number of aromatic nitrogens is 4. The number of ether oxygens (including phenoxy) is 1. The maximum absolute atomic E-state index is 5.39. The van der Waals surface area contributed by atoms with Crippen molar-refractivity contribution >= 4 is 0 Å². The molecular formula is C12H17N5O. The minimum atomic E-state index is 0.614. The number of tetrazole rings is 1. The molecule has 6 nitrogen and oxygen atoms in total. The van der Waals surface area contributed by atoms with Crippen LogP contribution in [0.1, 0.15) is 18.3 Å². The second kappa shape index (κ2) is 6.11. The van der Waals surface area contributed by atoms with Gasteiger partial charge in [-0.15, -0.1) is 10.2 Å². The van der Waals surface area contributed by atoms with Gasteiger partial charge in [0.2, 0.25) is 0 Å². The zero-order chi connectivity index (χ0) is 12.8. The first kappa shape index (κ1) is 12.5. The molecule has 18 heavy (non-hydrogen) atoms. The lowest BCUT2D eigenvalue weighted by Gasteiger charge is -2.04. The van der Waals surface area contributed by atoms with Crippen LogP contribution in [0.25, 0.3) is 0 Å². The minimum Gasteiger partial charge on any atom is -0.494 e. The largest absolute Gasteiger partial charge is 0.494 e. The van der Waals surface area contributed by atoms with Crippen molar-refractivity contribution in [2.75, 3.05) is 13.7 Å². The van der Waals surface area contributed by atoms with E-state index >= 15 is 0 Å². The molecule has 0 spiro atoms. The van der Waals surface area contributed by atoms with Crippen molar-refractivity contribution in [3.63, 3.8) is 0 Å². The van der Waals surface area contributed by atoms with Gasteiger partial charge < -0.3 is 10.1 Å². The Hall–Kier alpha value is -1.95. The summed E-state index contributed by atoms with van der Waals surface area (Å²) in [7, 11) is 1.85. The number of rotatable bonds is 6. The average Bonchev–Trinajstić information content (AvgIpc) is 2.80. The fourth-order valence-corrected chi connectivity index (χ4v) is 1.59. The summed E-state index contributed by atoms with van der Waals surface area (Å²) in [5, 5.41) is 15.2. The zero-order valence-electron chi connectivity index (χ0n) is 10.6. The SMILES string of the molecule is CCOc1ccc(Cn2nnc(CNC)n2)cc1. The predicted octanol–water partition coefficient (Wildman–Crippen LogP) is 0.839. The summed E-state index contributed by atoms with van der Waals surface area (Å²) in [5.74, 6) is 1.58. The topological polar surface area (TPSA) is 64.9 Å². The molecule has 0 atom stereocenters. The maximum atomic E-state index is 5.39. The summed E-state index contributed by atoms with van der Waals surface area (Å²) in [6.45, 7) is 3.89. The van der Waals surface area contributed by atoms with Crippen LogP contribution in [0.5, 0.6) is 5.75 Å². The molecule has 0 saturated heterocycles. The van der Waals surface area contributed by atoms with Crippen molar-refractivity contribution in [1.82, 2.24) is 25.5 Å². The van der Waals surface area contributed by atoms with E-state index in [1.807, 2.05) is 38.2 Å². The van der Waals surface area contributed by atoms with Gasteiger partial charge in [0, 0.05) is 0 Å². The summed E-state index contributed by atoms with van der Waals surface area (Å²) in [6, 6.07) is 7.91. The highest BCUT2D eigenvalue weighted by Gasteiger charge is 2.02. The number of nitrogens with zero attached hydrogens (tertiary/aromatic N) is 4. The van der Waals surface area contributed by atoms with Crippen LogP contribution in [-0.2, 0) is 13.1 Å². The Bertz CT molecular complexity index is 479. The van der Waals surface area contributed by atoms with E-state index in [0.29, 0.717) is 25.5 Å². The van der Waals surface area contributed by atoms with Gasteiger partial charge >= 0.3 is 0 Å². The van der Waals surface area contributed by atoms with Gasteiger partial charge in [-0.05, 0) is 36.9 Å². The van der Waals surface area contributed by atoms with Gasteiger partial charge in [-0.1, -0.05) is 12.1 Å². The molecule has 1 aromatic heterocycles. The molecule has 0 aliphatic heterocycles. The third-order valence-electron chi connectivity index (χ3n) is 2.39. The Morgan fingerprint density at radius 1 is 1.28 bits per heavy atom. The van der Waals surface area contributed by atoms with Gasteiger partial charge in [-0.3, -0.25) is 0 Å². The van der Waals surface area contributed by atoms with Gasteiger partial charge in [0.1, 0.15) is 5.75 Å². The van der Waals surface area contributed by atoms with Gasteiger partial charge in [0.15, 0.2) is 5.82 Å². The predicted molar refractivity (Wildman–Crippen MR) is 67.3 cm³/mol. The molecule has 0 saturated carbocycles. The molecule has 6 heteroatoms. The standard InChI is InChI=1S/C12H17N5O/c1-3-18-11-6-4-10(5-7-11)9-17-15-12(8-13-2)14-16-17/h4-7,13H,3,8-9H2,1-2H3. The summed E-state index contributed by atoms with van der Waals surface area (Å²) in [5.41, 5.74) is 1.12. The molecule has 1 N–H and O–H groups in total. The molecule has 96 valence electrons. The Morgan fingerprint density at radius 2 is 2.06 bits per heavy atom. The lowest BCUT2D eigenvalue weighted by Crippen LogP contribution is -2.08. The molecule has 0 aliphatic carbocycles. The summed E-state index contributed by atoms with van der Waals surface area (Å²) >= 11 is 0. The van der Waals surface area contributed by atoms with Gasteiger partial charge in [0.05, 0.1) is 19.7 Å². The third kappa shape index (κ3) is 3.27. The molecule has 0 fully saturated rings. The van der Waals surface area contributed by atoms with E-state index in [1.54, 1.807) is 4.80 Å². The smallest absolute Gasteiger partial charge is 0.188 e. The Morgan fingerprint density at radius 3 is 2.72 bits per heavy atom.